The molecule has 1 atom stereocenters. The van der Waals surface area contributed by atoms with Gasteiger partial charge in [0.25, 0.3) is 0 Å². The molecule has 86 valence electrons. The van der Waals surface area contributed by atoms with Crippen LogP contribution in [0.1, 0.15) is 39.0 Å². The van der Waals surface area contributed by atoms with Gasteiger partial charge in [-0.1, -0.05) is 12.8 Å². The Balaban J connectivity index is 1.50. The lowest BCUT2D eigenvalue weighted by atomic mass is 9.93. The van der Waals surface area contributed by atoms with Gasteiger partial charge in [-0.05, 0) is 44.6 Å². The molecule has 1 heterocycles. The number of hydrogen-bond donors (Lipinski definition) is 1. The lowest BCUT2D eigenvalue weighted by molar-refractivity contribution is 0.124. The first-order valence-corrected chi connectivity index (χ1v) is 6.74. The molecular formula is C13H24N2. The Morgan fingerprint density at radius 3 is 2.73 bits per heavy atom. The lowest BCUT2D eigenvalue weighted by Gasteiger charge is -2.42. The summed E-state index contributed by atoms with van der Waals surface area (Å²) in [5.41, 5.74) is 0.446. The molecule has 2 heteroatoms. The van der Waals surface area contributed by atoms with E-state index < -0.39 is 0 Å². The van der Waals surface area contributed by atoms with Gasteiger partial charge in [0.05, 0.1) is 0 Å². The zero-order chi connectivity index (χ0) is 10.3. The van der Waals surface area contributed by atoms with Gasteiger partial charge >= 0.3 is 0 Å². The van der Waals surface area contributed by atoms with Gasteiger partial charge in [-0.25, -0.2) is 0 Å². The normalized spacial score (nSPS) is 38.2. The van der Waals surface area contributed by atoms with E-state index in [-0.39, 0.29) is 0 Å². The second-order valence-electron chi connectivity index (χ2n) is 6.13. The quantitative estimate of drug-likeness (QED) is 0.758. The van der Waals surface area contributed by atoms with E-state index in [1.165, 1.54) is 58.3 Å². The maximum absolute atomic E-state index is 3.75. The molecule has 0 aromatic heterocycles. The monoisotopic (exact) mass is 208 g/mol. The number of piperazine rings is 1. The Labute approximate surface area is 93.4 Å². The van der Waals surface area contributed by atoms with Gasteiger partial charge in [-0.2, -0.15) is 0 Å². The molecule has 0 radical (unpaired) electrons. The minimum absolute atomic E-state index is 0.446. The Hall–Kier alpha value is -0.0800. The van der Waals surface area contributed by atoms with Crippen LogP contribution in [0.25, 0.3) is 0 Å². The van der Waals surface area contributed by atoms with Crippen LogP contribution in [0.15, 0.2) is 0 Å². The summed E-state index contributed by atoms with van der Waals surface area (Å²) in [4.78, 5) is 2.70. The Morgan fingerprint density at radius 2 is 2.07 bits per heavy atom. The lowest BCUT2D eigenvalue weighted by Crippen LogP contribution is -2.60. The largest absolute Gasteiger partial charge is 0.309 e. The summed E-state index contributed by atoms with van der Waals surface area (Å²) in [6, 6.07) is 0. The minimum atomic E-state index is 0.446. The van der Waals surface area contributed by atoms with Gasteiger partial charge in [-0.15, -0.1) is 0 Å². The Kier molecular flexibility index (Phi) is 2.52. The first-order valence-electron chi connectivity index (χ1n) is 6.74. The molecule has 15 heavy (non-hydrogen) atoms. The summed E-state index contributed by atoms with van der Waals surface area (Å²) in [5.74, 6) is 2.06. The van der Waals surface area contributed by atoms with E-state index in [2.05, 4.69) is 17.1 Å². The van der Waals surface area contributed by atoms with Crippen molar-refractivity contribution in [2.24, 2.45) is 11.8 Å². The molecule has 1 unspecified atom stereocenters. The molecule has 0 aromatic rings. The first kappa shape index (κ1) is 10.1. The molecule has 1 saturated heterocycles. The van der Waals surface area contributed by atoms with Crippen molar-refractivity contribution in [2.45, 2.75) is 44.6 Å². The van der Waals surface area contributed by atoms with Crippen LogP contribution in [0.2, 0.25) is 0 Å². The maximum atomic E-state index is 3.75. The van der Waals surface area contributed by atoms with Crippen molar-refractivity contribution in [3.05, 3.63) is 0 Å². The van der Waals surface area contributed by atoms with Crippen molar-refractivity contribution in [3.63, 3.8) is 0 Å². The Bertz CT molecular complexity index is 233. The van der Waals surface area contributed by atoms with Gasteiger partial charge in [-0.3, -0.25) is 0 Å². The fourth-order valence-corrected chi connectivity index (χ4v) is 3.06. The second kappa shape index (κ2) is 3.74. The first-order chi connectivity index (χ1) is 7.26. The predicted octanol–water partition coefficient (Wildman–Crippen LogP) is 1.86. The van der Waals surface area contributed by atoms with Crippen LogP contribution in [0.3, 0.4) is 0 Å². The second-order valence-corrected chi connectivity index (χ2v) is 6.13. The van der Waals surface area contributed by atoms with Crippen LogP contribution >= 0.6 is 0 Å². The number of rotatable bonds is 4. The molecule has 1 aliphatic heterocycles. The third kappa shape index (κ3) is 2.36. The summed E-state index contributed by atoms with van der Waals surface area (Å²) in [6.45, 7) is 7.57. The van der Waals surface area contributed by atoms with Gasteiger partial charge in [0.1, 0.15) is 0 Å². The van der Waals surface area contributed by atoms with Crippen LogP contribution in [0.4, 0.5) is 0 Å². The molecule has 0 spiro atoms. The molecule has 0 amide bonds. The van der Waals surface area contributed by atoms with Gasteiger partial charge in [0.15, 0.2) is 0 Å². The fraction of sp³-hybridized carbons (Fsp3) is 1.00. The van der Waals surface area contributed by atoms with E-state index in [0.29, 0.717) is 5.54 Å². The van der Waals surface area contributed by atoms with Crippen molar-refractivity contribution in [1.82, 2.24) is 10.2 Å². The van der Waals surface area contributed by atoms with Crippen LogP contribution < -0.4 is 5.32 Å². The average Bonchev–Trinajstić information content (AvgIpc) is 3.05. The molecule has 3 rings (SSSR count). The van der Waals surface area contributed by atoms with Crippen LogP contribution in [0.5, 0.6) is 0 Å². The molecular weight excluding hydrogens is 184 g/mol. The summed E-state index contributed by atoms with van der Waals surface area (Å²) in [6.07, 6.45) is 7.39. The molecule has 0 bridgehead atoms. The topological polar surface area (TPSA) is 15.3 Å². The SMILES string of the molecule is CC1(C2CC2)CN(CCC2CC2)CCN1. The Morgan fingerprint density at radius 1 is 1.27 bits per heavy atom. The van der Waals surface area contributed by atoms with E-state index in [1.54, 1.807) is 0 Å². The van der Waals surface area contributed by atoms with E-state index in [1.807, 2.05) is 0 Å². The highest BCUT2D eigenvalue weighted by Gasteiger charge is 2.43. The maximum Gasteiger partial charge on any atom is 0.0309 e. The highest BCUT2D eigenvalue weighted by atomic mass is 15.2. The number of hydrogen-bond acceptors (Lipinski definition) is 2. The fourth-order valence-electron chi connectivity index (χ4n) is 3.06. The summed E-state index contributed by atoms with van der Waals surface area (Å²) in [7, 11) is 0. The van der Waals surface area contributed by atoms with Crippen LogP contribution in [-0.4, -0.2) is 36.6 Å². The van der Waals surface area contributed by atoms with Crippen molar-refractivity contribution < 1.29 is 0 Å². The zero-order valence-corrected chi connectivity index (χ0v) is 9.97. The minimum Gasteiger partial charge on any atom is -0.309 e. The summed E-state index contributed by atoms with van der Waals surface area (Å²) in [5, 5.41) is 3.75. The number of nitrogens with one attached hydrogen (secondary N) is 1. The molecule has 0 aromatic carbocycles. The van der Waals surface area contributed by atoms with Gasteiger partial charge in [0.2, 0.25) is 0 Å². The smallest absolute Gasteiger partial charge is 0.0309 e. The summed E-state index contributed by atoms with van der Waals surface area (Å²) >= 11 is 0. The molecule has 3 fully saturated rings. The van der Waals surface area contributed by atoms with E-state index in [0.717, 1.165) is 11.8 Å². The van der Waals surface area contributed by atoms with Crippen LogP contribution in [-0.2, 0) is 0 Å². The summed E-state index contributed by atoms with van der Waals surface area (Å²) < 4.78 is 0. The highest BCUT2D eigenvalue weighted by molar-refractivity contribution is 5.02. The zero-order valence-electron chi connectivity index (χ0n) is 9.97. The van der Waals surface area contributed by atoms with Crippen LogP contribution in [0, 0.1) is 11.8 Å². The predicted molar refractivity (Wildman–Crippen MR) is 62.9 cm³/mol. The third-order valence-corrected chi connectivity index (χ3v) is 4.54. The van der Waals surface area contributed by atoms with Crippen molar-refractivity contribution >= 4 is 0 Å². The van der Waals surface area contributed by atoms with Gasteiger partial charge in [0, 0.05) is 25.2 Å². The number of nitrogens with zero attached hydrogens (tertiary/aromatic N) is 1. The van der Waals surface area contributed by atoms with E-state index in [4.69, 9.17) is 0 Å². The van der Waals surface area contributed by atoms with Crippen molar-refractivity contribution in [3.8, 4) is 0 Å². The van der Waals surface area contributed by atoms with Crippen molar-refractivity contribution in [1.29, 1.82) is 0 Å². The van der Waals surface area contributed by atoms with Gasteiger partial charge < -0.3 is 10.2 Å². The molecule has 3 aliphatic rings. The molecule has 2 aliphatic carbocycles. The molecule has 1 N–H and O–H groups in total. The average molecular weight is 208 g/mol. The van der Waals surface area contributed by atoms with E-state index >= 15 is 0 Å². The van der Waals surface area contributed by atoms with Crippen molar-refractivity contribution in [2.75, 3.05) is 26.2 Å². The standard InChI is InChI=1S/C13H24N2/c1-13(12-4-5-12)10-15(9-7-14-13)8-6-11-2-3-11/h11-12,14H,2-10H2,1H3. The molecule has 2 nitrogen and oxygen atoms in total. The highest BCUT2D eigenvalue weighted by Crippen LogP contribution is 2.41. The third-order valence-electron chi connectivity index (χ3n) is 4.54. The van der Waals surface area contributed by atoms with E-state index in [9.17, 15) is 0 Å². The molecule has 2 saturated carbocycles.